The van der Waals surface area contributed by atoms with Gasteiger partial charge in [-0.3, -0.25) is 4.90 Å². The zero-order valence-electron chi connectivity index (χ0n) is 14.7. The van der Waals surface area contributed by atoms with Crippen LogP contribution < -0.4 is 4.90 Å². The number of piperidine rings is 1. The first-order valence-electron chi connectivity index (χ1n) is 8.73. The number of nitrogens with zero attached hydrogens (tertiary/aromatic N) is 3. The van der Waals surface area contributed by atoms with E-state index in [4.69, 9.17) is 16.3 Å². The van der Waals surface area contributed by atoms with Crippen molar-refractivity contribution in [3.63, 3.8) is 0 Å². The molecule has 2 aromatic rings. The van der Waals surface area contributed by atoms with Crippen molar-refractivity contribution in [2.45, 2.75) is 30.4 Å². The number of benzene rings is 1. The van der Waals surface area contributed by atoms with Gasteiger partial charge in [0.1, 0.15) is 16.7 Å². The standard InChI is InChI=1S/C18H17BrClN3O4S/c19-15-9-14(10-21-17(15)20)28(25,26)22-7-5-13(6-8-22)23-16-4-2-1-3-12(16)11-27-18(23)24/h1-4,9-10,13H,5-8,11H2. The van der Waals surface area contributed by atoms with E-state index in [-0.39, 0.29) is 28.8 Å². The Labute approximate surface area is 176 Å². The highest BCUT2D eigenvalue weighted by Crippen LogP contribution is 2.33. The summed E-state index contributed by atoms with van der Waals surface area (Å²) in [5, 5.41) is 0.208. The number of pyridine rings is 1. The third-order valence-corrected chi connectivity index (χ3v) is 7.99. The molecule has 1 amide bonds. The Morgan fingerprint density at radius 3 is 2.64 bits per heavy atom. The summed E-state index contributed by atoms with van der Waals surface area (Å²) in [6.07, 6.45) is 1.91. The molecule has 0 saturated carbocycles. The third kappa shape index (κ3) is 3.52. The molecule has 28 heavy (non-hydrogen) atoms. The van der Waals surface area contributed by atoms with Gasteiger partial charge in [0.25, 0.3) is 0 Å². The van der Waals surface area contributed by atoms with Crippen LogP contribution in [0.4, 0.5) is 10.5 Å². The van der Waals surface area contributed by atoms with Gasteiger partial charge in [0, 0.05) is 30.9 Å². The van der Waals surface area contributed by atoms with Gasteiger partial charge in [0.15, 0.2) is 0 Å². The lowest BCUT2D eigenvalue weighted by atomic mass is 10.0. The molecule has 1 aromatic heterocycles. The minimum Gasteiger partial charge on any atom is -0.444 e. The highest BCUT2D eigenvalue weighted by Gasteiger charge is 2.37. The maximum atomic E-state index is 12.9. The van der Waals surface area contributed by atoms with E-state index in [1.54, 1.807) is 4.90 Å². The number of rotatable bonds is 3. The quantitative estimate of drug-likeness (QED) is 0.617. The Kier molecular flexibility index (Phi) is 5.34. The number of hydrogen-bond donors (Lipinski definition) is 0. The lowest BCUT2D eigenvalue weighted by Gasteiger charge is -2.39. The number of aromatic nitrogens is 1. The van der Waals surface area contributed by atoms with E-state index < -0.39 is 10.0 Å². The van der Waals surface area contributed by atoms with Crippen molar-refractivity contribution in [3.05, 3.63) is 51.7 Å². The molecule has 1 fully saturated rings. The van der Waals surface area contributed by atoms with Crippen LogP contribution in [-0.2, 0) is 21.4 Å². The van der Waals surface area contributed by atoms with Gasteiger partial charge in [-0.25, -0.2) is 18.2 Å². The van der Waals surface area contributed by atoms with Crippen molar-refractivity contribution < 1.29 is 17.9 Å². The first-order chi connectivity index (χ1) is 13.4. The van der Waals surface area contributed by atoms with Crippen molar-refractivity contribution in [2.75, 3.05) is 18.0 Å². The van der Waals surface area contributed by atoms with E-state index in [0.717, 1.165) is 11.3 Å². The summed E-state index contributed by atoms with van der Waals surface area (Å²) < 4.78 is 33.0. The summed E-state index contributed by atoms with van der Waals surface area (Å²) in [5.41, 5.74) is 1.79. The molecular weight excluding hydrogens is 470 g/mol. The number of anilines is 1. The highest BCUT2D eigenvalue weighted by molar-refractivity contribution is 9.10. The number of sulfonamides is 1. The number of carbonyl (C=O) groups excluding carboxylic acids is 1. The molecule has 0 spiro atoms. The summed E-state index contributed by atoms with van der Waals surface area (Å²) in [6.45, 7) is 0.871. The van der Waals surface area contributed by atoms with Gasteiger partial charge in [-0.05, 0) is 40.9 Å². The van der Waals surface area contributed by atoms with Crippen molar-refractivity contribution in [2.24, 2.45) is 0 Å². The Hall–Kier alpha value is -1.68. The fraction of sp³-hybridized carbons (Fsp3) is 0.333. The number of fused-ring (bicyclic) bond motifs is 1. The second-order valence-electron chi connectivity index (χ2n) is 6.63. The minimum atomic E-state index is -3.68. The Bertz CT molecular complexity index is 1030. The Morgan fingerprint density at radius 2 is 1.93 bits per heavy atom. The molecule has 3 heterocycles. The molecular formula is C18H17BrClN3O4S. The van der Waals surface area contributed by atoms with Crippen LogP contribution in [0.3, 0.4) is 0 Å². The van der Waals surface area contributed by atoms with Crippen molar-refractivity contribution in [1.82, 2.24) is 9.29 Å². The van der Waals surface area contributed by atoms with Crippen molar-refractivity contribution in [1.29, 1.82) is 0 Å². The average Bonchev–Trinajstić information content (AvgIpc) is 2.70. The van der Waals surface area contributed by atoms with Gasteiger partial charge in [0.2, 0.25) is 10.0 Å². The third-order valence-electron chi connectivity index (χ3n) is 5.00. The summed E-state index contributed by atoms with van der Waals surface area (Å²) in [6, 6.07) is 8.96. The first kappa shape index (κ1) is 19.6. The maximum absolute atomic E-state index is 12.9. The molecule has 0 bridgehead atoms. The first-order valence-corrected chi connectivity index (χ1v) is 11.3. The molecule has 1 saturated heterocycles. The molecule has 0 aliphatic carbocycles. The van der Waals surface area contributed by atoms with Gasteiger partial charge in [-0.15, -0.1) is 0 Å². The van der Waals surface area contributed by atoms with Crippen molar-refractivity contribution >= 4 is 49.3 Å². The minimum absolute atomic E-state index is 0.0879. The van der Waals surface area contributed by atoms with Gasteiger partial charge in [0.05, 0.1) is 10.2 Å². The van der Waals surface area contributed by atoms with E-state index in [1.807, 2.05) is 24.3 Å². The normalized spacial score (nSPS) is 18.6. The van der Waals surface area contributed by atoms with E-state index in [1.165, 1.54) is 16.6 Å². The van der Waals surface area contributed by atoms with Gasteiger partial charge in [-0.2, -0.15) is 4.31 Å². The fourth-order valence-electron chi connectivity index (χ4n) is 3.56. The monoisotopic (exact) mass is 485 g/mol. The summed E-state index contributed by atoms with van der Waals surface area (Å²) >= 11 is 9.07. The zero-order chi connectivity index (χ0) is 19.9. The highest BCUT2D eigenvalue weighted by atomic mass is 79.9. The summed E-state index contributed by atoms with van der Waals surface area (Å²) in [5.74, 6) is 0. The van der Waals surface area contributed by atoms with Gasteiger partial charge >= 0.3 is 6.09 Å². The molecule has 0 radical (unpaired) electrons. The van der Waals surface area contributed by atoms with Crippen molar-refractivity contribution in [3.8, 4) is 0 Å². The molecule has 0 N–H and O–H groups in total. The molecule has 10 heteroatoms. The number of halogens is 2. The van der Waals surface area contributed by atoms with E-state index in [2.05, 4.69) is 20.9 Å². The van der Waals surface area contributed by atoms with Crippen LogP contribution in [0, 0.1) is 0 Å². The summed E-state index contributed by atoms with van der Waals surface area (Å²) in [4.78, 5) is 18.0. The number of cyclic esters (lactones) is 1. The average molecular weight is 487 g/mol. The molecule has 0 atom stereocenters. The Morgan fingerprint density at radius 1 is 1.21 bits per heavy atom. The number of para-hydroxylation sites is 1. The second-order valence-corrected chi connectivity index (χ2v) is 9.78. The van der Waals surface area contributed by atoms with Gasteiger partial charge < -0.3 is 4.74 Å². The lowest BCUT2D eigenvalue weighted by molar-refractivity contribution is 0.136. The van der Waals surface area contributed by atoms with E-state index in [0.29, 0.717) is 30.4 Å². The lowest BCUT2D eigenvalue weighted by Crippen LogP contribution is -2.50. The van der Waals surface area contributed by atoms with E-state index >= 15 is 0 Å². The number of amides is 1. The SMILES string of the molecule is O=C1OCc2ccccc2N1C1CCN(S(=O)(=O)c2cnc(Cl)c(Br)c2)CC1. The summed E-state index contributed by atoms with van der Waals surface area (Å²) in [7, 11) is -3.68. The van der Waals surface area contributed by atoms with Crippen LogP contribution in [-0.4, -0.2) is 42.9 Å². The fourth-order valence-corrected chi connectivity index (χ4v) is 5.60. The van der Waals surface area contributed by atoms with Crippen LogP contribution in [0.2, 0.25) is 5.15 Å². The van der Waals surface area contributed by atoms with Crippen LogP contribution in [0.1, 0.15) is 18.4 Å². The zero-order valence-corrected chi connectivity index (χ0v) is 17.9. The van der Waals surface area contributed by atoms with Crippen LogP contribution in [0.15, 0.2) is 45.9 Å². The number of ether oxygens (including phenoxy) is 1. The smallest absolute Gasteiger partial charge is 0.414 e. The van der Waals surface area contributed by atoms with E-state index in [9.17, 15) is 13.2 Å². The largest absolute Gasteiger partial charge is 0.444 e. The topological polar surface area (TPSA) is 79.8 Å². The van der Waals surface area contributed by atoms with Gasteiger partial charge in [-0.1, -0.05) is 29.8 Å². The van der Waals surface area contributed by atoms with Crippen LogP contribution >= 0.6 is 27.5 Å². The molecule has 1 aromatic carbocycles. The predicted octanol–water partition coefficient (Wildman–Crippen LogP) is 3.81. The maximum Gasteiger partial charge on any atom is 0.414 e. The molecule has 148 valence electrons. The molecule has 2 aliphatic rings. The number of hydrogen-bond acceptors (Lipinski definition) is 5. The number of carbonyl (C=O) groups is 1. The molecule has 7 nitrogen and oxygen atoms in total. The predicted molar refractivity (Wildman–Crippen MR) is 108 cm³/mol. The second kappa shape index (κ2) is 7.62. The van der Waals surface area contributed by atoms with Crippen LogP contribution in [0.25, 0.3) is 0 Å². The Balaban J connectivity index is 1.52. The molecule has 0 unspecified atom stereocenters. The van der Waals surface area contributed by atoms with Crippen LogP contribution in [0.5, 0.6) is 0 Å². The molecule has 4 rings (SSSR count). The molecule has 2 aliphatic heterocycles.